The molecule has 0 bridgehead atoms. The number of carbonyl (C=O) groups is 2. The fourth-order valence-corrected chi connectivity index (χ4v) is 11.4. The third-order valence-corrected chi connectivity index (χ3v) is 14.5. The van der Waals surface area contributed by atoms with Crippen molar-refractivity contribution in [2.45, 2.75) is 87.5 Å². The second-order valence-electron chi connectivity index (χ2n) is 16.8. The largest absolute Gasteiger partial charge is 0.497 e. The number of sulfonamides is 2. The van der Waals surface area contributed by atoms with Gasteiger partial charge in [0.2, 0.25) is 25.9 Å². The number of nitrogens with one attached hydrogen (secondary N) is 1. The maximum absolute atomic E-state index is 16.0. The standard InChI is InChI=1S/C46H53N7O10S2/c1-46(2,3)63-45(55)51-25-24-35(30-51)49-64(56,57)41-23-22-40(34-8-7-9-36(54)26-34)42(44-47-50-53(48-44)29-33-14-20-39(62-6)21-15-33)43(41)65(58,59)52(27-31-10-16-37(60-4)17-11-31)28-32-12-18-38(61-5)19-13-32/h10-23,26,35,49H,7-9,24-25,27-30H2,1-6H3/t35-/m1/s1. The summed E-state index contributed by atoms with van der Waals surface area (Å²) in [5.74, 6) is 1.43. The van der Waals surface area contributed by atoms with E-state index in [1.165, 1.54) is 46.4 Å². The number of aromatic nitrogens is 4. The maximum Gasteiger partial charge on any atom is 0.410 e. The smallest absolute Gasteiger partial charge is 0.410 e. The third-order valence-electron chi connectivity index (χ3n) is 10.9. The molecule has 1 aliphatic heterocycles. The SMILES string of the molecule is COc1ccc(CN(Cc2ccc(OC)cc2)S(=O)(=O)c2c(S(=O)(=O)N[C@@H]3CCN(C(=O)OC(C)(C)C)C3)ccc(C3=CC(=O)CCC3)c2-c2nnn(Cc3ccc(OC)cc3)n2)cc1. The van der Waals surface area contributed by atoms with E-state index in [1.807, 2.05) is 12.1 Å². The molecule has 0 radical (unpaired) electrons. The number of nitrogens with zero attached hydrogens (tertiary/aromatic N) is 6. The molecular formula is C46H53N7O10S2. The molecule has 0 spiro atoms. The zero-order valence-electron chi connectivity index (χ0n) is 37.2. The third kappa shape index (κ3) is 11.2. The maximum atomic E-state index is 16.0. The molecule has 1 atom stereocenters. The van der Waals surface area contributed by atoms with E-state index in [2.05, 4.69) is 20.1 Å². The minimum atomic E-state index is -4.91. The van der Waals surface area contributed by atoms with E-state index < -0.39 is 47.6 Å². The van der Waals surface area contributed by atoms with Gasteiger partial charge in [-0.05, 0) is 122 Å². The van der Waals surface area contributed by atoms with E-state index in [1.54, 1.807) is 88.5 Å². The molecule has 1 fully saturated rings. The number of hydrogen-bond donors (Lipinski definition) is 1. The Morgan fingerprint density at radius 3 is 1.91 bits per heavy atom. The number of amides is 1. The summed E-state index contributed by atoms with van der Waals surface area (Å²) in [5, 5.41) is 13.4. The minimum absolute atomic E-state index is 0.0154. The van der Waals surface area contributed by atoms with Crippen molar-refractivity contribution in [3.63, 3.8) is 0 Å². The number of benzene rings is 4. The van der Waals surface area contributed by atoms with Crippen LogP contribution in [-0.4, -0.2) is 104 Å². The molecule has 19 heteroatoms. The number of tetrazole rings is 1. The molecule has 17 nitrogen and oxygen atoms in total. The van der Waals surface area contributed by atoms with E-state index in [9.17, 15) is 18.0 Å². The molecule has 2 aliphatic rings. The first-order chi connectivity index (χ1) is 31.0. The molecule has 344 valence electrons. The van der Waals surface area contributed by atoms with Crippen LogP contribution in [0.2, 0.25) is 0 Å². The first-order valence-electron chi connectivity index (χ1n) is 21.0. The molecule has 65 heavy (non-hydrogen) atoms. The Labute approximate surface area is 379 Å². The topological polar surface area (TPSA) is 201 Å². The number of ether oxygens (including phenoxy) is 4. The van der Waals surface area contributed by atoms with Gasteiger partial charge in [0.25, 0.3) is 0 Å². The molecule has 0 unspecified atom stereocenters. The molecule has 7 rings (SSSR count). The highest BCUT2D eigenvalue weighted by atomic mass is 32.2. The van der Waals surface area contributed by atoms with Crippen LogP contribution in [0.1, 0.15) is 68.7 Å². The molecule has 4 aromatic carbocycles. The summed E-state index contributed by atoms with van der Waals surface area (Å²) in [7, 11) is -5.02. The summed E-state index contributed by atoms with van der Waals surface area (Å²) in [5.41, 5.74) is 1.81. The highest BCUT2D eigenvalue weighted by molar-refractivity contribution is 7.92. The van der Waals surface area contributed by atoms with E-state index in [4.69, 9.17) is 18.9 Å². The van der Waals surface area contributed by atoms with Crippen molar-refractivity contribution in [3.05, 3.63) is 113 Å². The van der Waals surface area contributed by atoms with Crippen LogP contribution in [0.5, 0.6) is 17.2 Å². The van der Waals surface area contributed by atoms with Crippen molar-refractivity contribution >= 4 is 37.5 Å². The van der Waals surface area contributed by atoms with Crippen LogP contribution < -0.4 is 18.9 Å². The van der Waals surface area contributed by atoms with Crippen LogP contribution >= 0.6 is 0 Å². The lowest BCUT2D eigenvalue weighted by molar-refractivity contribution is -0.114. The van der Waals surface area contributed by atoms with Gasteiger partial charge >= 0.3 is 6.09 Å². The molecule has 0 saturated carbocycles. The molecular weight excluding hydrogens is 875 g/mol. The molecule has 1 saturated heterocycles. The average molecular weight is 928 g/mol. The van der Waals surface area contributed by atoms with Crippen LogP contribution in [0.25, 0.3) is 17.0 Å². The lowest BCUT2D eigenvalue weighted by atomic mass is 9.90. The molecule has 1 amide bonds. The van der Waals surface area contributed by atoms with Gasteiger partial charge in [-0.3, -0.25) is 4.79 Å². The highest BCUT2D eigenvalue weighted by Crippen LogP contribution is 2.42. The lowest BCUT2D eigenvalue weighted by Crippen LogP contribution is -2.41. The van der Waals surface area contributed by atoms with Gasteiger partial charge < -0.3 is 23.8 Å². The predicted molar refractivity (Wildman–Crippen MR) is 241 cm³/mol. The number of carbonyl (C=O) groups excluding carboxylic acids is 2. The van der Waals surface area contributed by atoms with Crippen molar-refractivity contribution in [1.29, 1.82) is 0 Å². The van der Waals surface area contributed by atoms with Crippen molar-refractivity contribution < 1.29 is 45.4 Å². The average Bonchev–Trinajstić information content (AvgIpc) is 3.95. The van der Waals surface area contributed by atoms with Crippen LogP contribution in [0, 0.1) is 0 Å². The summed E-state index contributed by atoms with van der Waals surface area (Å²) in [6, 6.07) is 22.9. The van der Waals surface area contributed by atoms with Gasteiger partial charge in [0.15, 0.2) is 5.78 Å². The molecule has 2 heterocycles. The normalized spacial score (nSPS) is 15.8. The summed E-state index contributed by atoms with van der Waals surface area (Å²) >= 11 is 0. The fourth-order valence-electron chi connectivity index (χ4n) is 7.69. The van der Waals surface area contributed by atoms with Gasteiger partial charge in [0.05, 0.1) is 33.4 Å². The number of allylic oxidation sites excluding steroid dienone is 2. The van der Waals surface area contributed by atoms with Crippen molar-refractivity contribution in [2.24, 2.45) is 0 Å². The lowest BCUT2D eigenvalue weighted by Gasteiger charge is -2.27. The number of hydrogen-bond acceptors (Lipinski definition) is 13. The monoisotopic (exact) mass is 927 g/mol. The van der Waals surface area contributed by atoms with Gasteiger partial charge in [-0.25, -0.2) is 26.4 Å². The summed E-state index contributed by atoms with van der Waals surface area (Å²) in [6.07, 6.45) is 2.29. The van der Waals surface area contributed by atoms with Gasteiger partial charge in [-0.1, -0.05) is 42.5 Å². The predicted octanol–water partition coefficient (Wildman–Crippen LogP) is 6.23. The number of rotatable bonds is 16. The van der Waals surface area contributed by atoms with E-state index in [0.717, 1.165) is 5.56 Å². The van der Waals surface area contributed by atoms with Crippen molar-refractivity contribution in [3.8, 4) is 28.6 Å². The first kappa shape index (κ1) is 46.8. The summed E-state index contributed by atoms with van der Waals surface area (Å²) < 4.78 is 87.3. The quantitative estimate of drug-likeness (QED) is 0.117. The number of methoxy groups -OCH3 is 3. The van der Waals surface area contributed by atoms with E-state index in [0.29, 0.717) is 53.2 Å². The Balaban J connectivity index is 1.42. The first-order valence-corrected chi connectivity index (χ1v) is 24.0. The molecule has 1 N–H and O–H groups in total. The van der Waals surface area contributed by atoms with Crippen LogP contribution in [0.4, 0.5) is 4.79 Å². The van der Waals surface area contributed by atoms with Gasteiger partial charge in [-0.2, -0.15) is 9.10 Å². The van der Waals surface area contributed by atoms with Crippen molar-refractivity contribution in [1.82, 2.24) is 34.1 Å². The van der Waals surface area contributed by atoms with Crippen LogP contribution in [0.15, 0.2) is 101 Å². The zero-order valence-corrected chi connectivity index (χ0v) is 38.8. The Bertz CT molecular complexity index is 2720. The van der Waals surface area contributed by atoms with Gasteiger partial charge in [-0.15, -0.1) is 10.2 Å². The second kappa shape index (κ2) is 19.5. The number of ketones is 1. The second-order valence-corrected chi connectivity index (χ2v) is 20.4. The van der Waals surface area contributed by atoms with Crippen molar-refractivity contribution in [2.75, 3.05) is 34.4 Å². The summed E-state index contributed by atoms with van der Waals surface area (Å²) in [6.45, 7) is 5.15. The number of likely N-dealkylation sites (tertiary alicyclic amines) is 1. The highest BCUT2D eigenvalue weighted by Gasteiger charge is 2.40. The Hall–Kier alpha value is -6.15. The molecule has 1 aromatic heterocycles. The molecule has 1 aliphatic carbocycles. The van der Waals surface area contributed by atoms with E-state index >= 15 is 8.42 Å². The Morgan fingerprint density at radius 2 is 1.37 bits per heavy atom. The van der Waals surface area contributed by atoms with Gasteiger partial charge in [0.1, 0.15) is 32.6 Å². The Kier molecular flexibility index (Phi) is 14.1. The Morgan fingerprint density at radius 1 is 0.800 bits per heavy atom. The van der Waals surface area contributed by atoms with Crippen LogP contribution in [-0.2, 0) is 49.2 Å². The van der Waals surface area contributed by atoms with E-state index in [-0.39, 0.29) is 61.9 Å². The zero-order chi connectivity index (χ0) is 46.5. The fraction of sp³-hybridized carbons (Fsp3) is 0.370. The van der Waals surface area contributed by atoms with Gasteiger partial charge in [0, 0.05) is 38.6 Å². The summed E-state index contributed by atoms with van der Waals surface area (Å²) in [4.78, 5) is 27.5. The molecule has 5 aromatic rings. The minimum Gasteiger partial charge on any atom is -0.497 e. The van der Waals surface area contributed by atoms with Crippen LogP contribution in [0.3, 0.4) is 0 Å².